The fraction of sp³-hybridized carbons (Fsp3) is 0.500. The van der Waals surface area contributed by atoms with Crippen molar-refractivity contribution in [3.05, 3.63) is 11.9 Å². The monoisotopic (exact) mass is 127 g/mol. The van der Waals surface area contributed by atoms with E-state index in [0.29, 0.717) is 0 Å². The molecule has 52 valence electrons. The van der Waals surface area contributed by atoms with Crippen LogP contribution in [0.3, 0.4) is 0 Å². The van der Waals surface area contributed by atoms with Crippen LogP contribution in [0.25, 0.3) is 0 Å². The first-order valence-corrected chi connectivity index (χ1v) is 2.89. The quantitative estimate of drug-likeness (QED) is 0.449. The molecule has 0 bridgehead atoms. The summed E-state index contributed by atoms with van der Waals surface area (Å²) in [6, 6.07) is 0. The van der Waals surface area contributed by atoms with Gasteiger partial charge in [0.25, 0.3) is 0 Å². The number of allylic oxidation sites excluding steroid dienone is 1. The zero-order valence-corrected chi connectivity index (χ0v) is 5.96. The van der Waals surface area contributed by atoms with Crippen LogP contribution in [-0.2, 0) is 0 Å². The second kappa shape index (κ2) is 3.95. The summed E-state index contributed by atoms with van der Waals surface area (Å²) in [4.78, 5) is 0. The summed E-state index contributed by atoms with van der Waals surface area (Å²) in [5, 5.41) is 5.43. The predicted octanol–water partition coefficient (Wildman–Crippen LogP) is 0.744. The number of hydrazone groups is 1. The van der Waals surface area contributed by atoms with E-state index in [9.17, 15) is 0 Å². The van der Waals surface area contributed by atoms with Crippen LogP contribution in [0.2, 0.25) is 0 Å². The van der Waals surface area contributed by atoms with Crippen molar-refractivity contribution in [3.8, 4) is 0 Å². The molecule has 0 saturated carbocycles. The molecule has 0 atom stereocenters. The number of nitrogens with zero attached hydrogens (tertiary/aromatic N) is 2. The van der Waals surface area contributed by atoms with Crippen molar-refractivity contribution in [2.24, 2.45) is 10.8 Å². The van der Waals surface area contributed by atoms with Crippen molar-refractivity contribution in [1.29, 1.82) is 0 Å². The highest BCUT2D eigenvalue weighted by Crippen LogP contribution is 1.99. The van der Waals surface area contributed by atoms with Gasteiger partial charge >= 0.3 is 0 Å². The van der Waals surface area contributed by atoms with Crippen LogP contribution >= 0.6 is 0 Å². The van der Waals surface area contributed by atoms with Crippen LogP contribution in [0.1, 0.15) is 13.8 Å². The Hall–Kier alpha value is -0.990. The Morgan fingerprint density at radius 2 is 2.44 bits per heavy atom. The molecule has 0 aliphatic rings. The largest absolute Gasteiger partial charge is 0.403 e. The highest BCUT2D eigenvalue weighted by molar-refractivity contribution is 5.23. The third kappa shape index (κ3) is 2.17. The molecule has 0 aromatic heterocycles. The highest BCUT2D eigenvalue weighted by atomic mass is 15.4. The normalized spacial score (nSPS) is 11.1. The fourth-order valence-corrected chi connectivity index (χ4v) is 0.547. The lowest BCUT2D eigenvalue weighted by molar-refractivity contribution is 0.388. The fourth-order valence-electron chi connectivity index (χ4n) is 0.547. The number of hydrogen-bond acceptors (Lipinski definition) is 3. The molecule has 0 aliphatic heterocycles. The molecular formula is C6H13N3. The van der Waals surface area contributed by atoms with E-state index in [1.165, 1.54) is 6.20 Å². The van der Waals surface area contributed by atoms with Crippen molar-refractivity contribution in [2.75, 3.05) is 6.54 Å². The molecule has 0 unspecified atom stereocenters. The Bertz CT molecular complexity index is 117. The van der Waals surface area contributed by atoms with E-state index in [2.05, 4.69) is 11.8 Å². The number of nitrogens with two attached hydrogens (primary N) is 1. The minimum atomic E-state index is 0.809. The van der Waals surface area contributed by atoms with Gasteiger partial charge in [-0.2, -0.15) is 5.10 Å². The van der Waals surface area contributed by atoms with E-state index < -0.39 is 0 Å². The Morgan fingerprint density at radius 1 is 1.89 bits per heavy atom. The summed E-state index contributed by atoms with van der Waals surface area (Å²) < 4.78 is 0. The van der Waals surface area contributed by atoms with Crippen molar-refractivity contribution < 1.29 is 0 Å². The molecular weight excluding hydrogens is 114 g/mol. The number of rotatable bonds is 3. The maximum absolute atomic E-state index is 5.23. The molecule has 0 rings (SSSR count). The van der Waals surface area contributed by atoms with Crippen LogP contribution in [0, 0.1) is 0 Å². The van der Waals surface area contributed by atoms with E-state index in [-0.39, 0.29) is 0 Å². The molecule has 2 N–H and O–H groups in total. The molecule has 0 aliphatic carbocycles. The molecule has 0 radical (unpaired) electrons. The SMILES string of the molecule is C=NN(CC)/C(C)=C/N. The lowest BCUT2D eigenvalue weighted by Gasteiger charge is -2.14. The van der Waals surface area contributed by atoms with E-state index >= 15 is 0 Å². The molecule has 3 nitrogen and oxygen atoms in total. The zero-order chi connectivity index (χ0) is 7.28. The van der Waals surface area contributed by atoms with E-state index in [0.717, 1.165) is 12.2 Å². The lowest BCUT2D eigenvalue weighted by atomic mass is 10.5. The standard InChI is InChI=1S/C6H13N3/c1-4-9(8-3)6(2)5-7/h5H,3-4,7H2,1-2H3/b6-5+. The average Bonchev–Trinajstić information content (AvgIpc) is 1.90. The van der Waals surface area contributed by atoms with Gasteiger partial charge in [0.2, 0.25) is 0 Å². The van der Waals surface area contributed by atoms with Gasteiger partial charge in [-0.25, -0.2) is 0 Å². The summed E-state index contributed by atoms with van der Waals surface area (Å²) in [5.74, 6) is 0. The molecule has 0 amide bonds. The lowest BCUT2D eigenvalue weighted by Crippen LogP contribution is -2.14. The van der Waals surface area contributed by atoms with Gasteiger partial charge in [-0.05, 0) is 13.8 Å². The van der Waals surface area contributed by atoms with E-state index in [1.54, 1.807) is 5.01 Å². The maximum Gasteiger partial charge on any atom is 0.0490 e. The summed E-state index contributed by atoms with van der Waals surface area (Å²) in [5.41, 5.74) is 6.16. The summed E-state index contributed by atoms with van der Waals surface area (Å²) >= 11 is 0. The first-order valence-electron chi connectivity index (χ1n) is 2.89. The molecule has 0 fully saturated rings. The Balaban J connectivity index is 3.94. The van der Waals surface area contributed by atoms with Gasteiger partial charge in [0.15, 0.2) is 0 Å². The first kappa shape index (κ1) is 8.01. The van der Waals surface area contributed by atoms with Gasteiger partial charge in [-0.1, -0.05) is 0 Å². The van der Waals surface area contributed by atoms with Gasteiger partial charge < -0.3 is 5.73 Å². The van der Waals surface area contributed by atoms with Crippen molar-refractivity contribution >= 4 is 6.72 Å². The van der Waals surface area contributed by atoms with Crippen LogP contribution in [0.5, 0.6) is 0 Å². The maximum atomic E-state index is 5.23. The third-order valence-electron chi connectivity index (χ3n) is 1.12. The first-order chi connectivity index (χ1) is 4.26. The Kier molecular flexibility index (Phi) is 3.51. The van der Waals surface area contributed by atoms with E-state index in [4.69, 9.17) is 5.73 Å². The summed E-state index contributed by atoms with van der Waals surface area (Å²) in [6.07, 6.45) is 1.51. The van der Waals surface area contributed by atoms with Crippen LogP contribution in [-0.4, -0.2) is 18.3 Å². The third-order valence-corrected chi connectivity index (χ3v) is 1.12. The second-order valence-electron chi connectivity index (χ2n) is 1.67. The van der Waals surface area contributed by atoms with E-state index in [1.807, 2.05) is 13.8 Å². The smallest absolute Gasteiger partial charge is 0.0490 e. The Labute approximate surface area is 55.8 Å². The molecule has 0 heterocycles. The molecule has 3 heteroatoms. The van der Waals surface area contributed by atoms with Gasteiger partial charge in [0.05, 0.1) is 0 Å². The van der Waals surface area contributed by atoms with Crippen molar-refractivity contribution in [2.45, 2.75) is 13.8 Å². The van der Waals surface area contributed by atoms with Gasteiger partial charge in [-0.15, -0.1) is 0 Å². The highest BCUT2D eigenvalue weighted by Gasteiger charge is 1.94. The van der Waals surface area contributed by atoms with Gasteiger partial charge in [0.1, 0.15) is 0 Å². The Morgan fingerprint density at radius 3 is 2.56 bits per heavy atom. The topological polar surface area (TPSA) is 41.6 Å². The molecule has 0 aromatic carbocycles. The predicted molar refractivity (Wildman–Crippen MR) is 39.9 cm³/mol. The van der Waals surface area contributed by atoms with Crippen LogP contribution < -0.4 is 5.73 Å². The summed E-state index contributed by atoms with van der Waals surface area (Å²) in [7, 11) is 0. The molecule has 0 aromatic rings. The van der Waals surface area contributed by atoms with Gasteiger partial charge in [0, 0.05) is 25.2 Å². The van der Waals surface area contributed by atoms with Gasteiger partial charge in [-0.3, -0.25) is 5.01 Å². The van der Waals surface area contributed by atoms with Crippen LogP contribution in [0.4, 0.5) is 0 Å². The molecule has 0 spiro atoms. The minimum absolute atomic E-state index is 0.809. The average molecular weight is 127 g/mol. The van der Waals surface area contributed by atoms with Crippen molar-refractivity contribution in [1.82, 2.24) is 5.01 Å². The van der Waals surface area contributed by atoms with Crippen LogP contribution in [0.15, 0.2) is 17.0 Å². The zero-order valence-electron chi connectivity index (χ0n) is 5.96. The minimum Gasteiger partial charge on any atom is -0.403 e. The number of hydrogen-bond donors (Lipinski definition) is 1. The summed E-state index contributed by atoms with van der Waals surface area (Å²) in [6.45, 7) is 8.06. The van der Waals surface area contributed by atoms with Crippen molar-refractivity contribution in [3.63, 3.8) is 0 Å². The molecule has 9 heavy (non-hydrogen) atoms. The molecule has 0 saturated heterocycles. The second-order valence-corrected chi connectivity index (χ2v) is 1.67.